The topological polar surface area (TPSA) is 16.4 Å². The number of hydrogen-bond acceptors (Lipinski definition) is 2. The molecule has 11 rings (SSSR count). The summed E-state index contributed by atoms with van der Waals surface area (Å²) in [6.07, 6.45) is 0. The van der Waals surface area contributed by atoms with Crippen LogP contribution in [0.5, 0.6) is 0 Å². The van der Waals surface area contributed by atoms with Gasteiger partial charge in [-0.15, -0.1) is 0 Å². The van der Waals surface area contributed by atoms with Crippen molar-refractivity contribution >= 4 is 71.3 Å². The lowest BCUT2D eigenvalue weighted by Gasteiger charge is -2.30. The van der Waals surface area contributed by atoms with E-state index in [1.54, 1.807) is 0 Å². The van der Waals surface area contributed by atoms with E-state index >= 15 is 0 Å². The summed E-state index contributed by atoms with van der Waals surface area (Å²) in [5.41, 5.74) is 12.2. The summed E-state index contributed by atoms with van der Waals surface area (Å²) in [6.45, 7) is 0. The molecule has 0 saturated heterocycles. The fourth-order valence-corrected chi connectivity index (χ4v) is 8.80. The lowest BCUT2D eigenvalue weighted by atomic mass is 9.87. The van der Waals surface area contributed by atoms with Gasteiger partial charge in [-0.25, -0.2) is 0 Å². The van der Waals surface area contributed by atoms with E-state index in [0.29, 0.717) is 0 Å². The molecular weight excluding hydrogens is 679 g/mol. The van der Waals surface area contributed by atoms with Crippen LogP contribution >= 0.6 is 0 Å². The Morgan fingerprint density at radius 2 is 0.768 bits per heavy atom. The van der Waals surface area contributed by atoms with Gasteiger partial charge in [0.15, 0.2) is 0 Å². The third-order valence-corrected chi connectivity index (χ3v) is 11.3. The maximum atomic E-state index is 6.40. The second-order valence-corrected chi connectivity index (χ2v) is 14.4. The van der Waals surface area contributed by atoms with Crippen molar-refractivity contribution in [2.24, 2.45) is 0 Å². The largest absolute Gasteiger partial charge is 0.456 e. The molecule has 0 aliphatic carbocycles. The molecule has 1 heterocycles. The molecule has 2 heteroatoms. The average molecular weight is 714 g/mol. The number of benzene rings is 10. The highest BCUT2D eigenvalue weighted by atomic mass is 16.3. The van der Waals surface area contributed by atoms with Gasteiger partial charge >= 0.3 is 0 Å². The summed E-state index contributed by atoms with van der Waals surface area (Å²) < 4.78 is 6.40. The highest BCUT2D eigenvalue weighted by molar-refractivity contribution is 6.36. The van der Waals surface area contributed by atoms with Crippen molar-refractivity contribution in [3.8, 4) is 33.4 Å². The average Bonchev–Trinajstić information content (AvgIpc) is 3.66. The van der Waals surface area contributed by atoms with Gasteiger partial charge in [0, 0.05) is 33.0 Å². The summed E-state index contributed by atoms with van der Waals surface area (Å²) in [5.74, 6) is 0. The zero-order chi connectivity index (χ0) is 37.0. The number of para-hydroxylation sites is 4. The minimum atomic E-state index is 0.912. The van der Waals surface area contributed by atoms with E-state index in [1.807, 2.05) is 6.07 Å². The van der Waals surface area contributed by atoms with Crippen molar-refractivity contribution in [3.63, 3.8) is 0 Å². The van der Waals surface area contributed by atoms with Gasteiger partial charge in [-0.1, -0.05) is 170 Å². The Bertz CT molecular complexity index is 3200. The van der Waals surface area contributed by atoms with Crippen LogP contribution in [0.2, 0.25) is 0 Å². The minimum absolute atomic E-state index is 0.912. The van der Waals surface area contributed by atoms with Gasteiger partial charge < -0.3 is 9.32 Å². The second-order valence-electron chi connectivity index (χ2n) is 14.4. The zero-order valence-electron chi connectivity index (χ0n) is 30.6. The molecule has 0 aliphatic rings. The molecule has 0 unspecified atom stereocenters. The van der Waals surface area contributed by atoms with E-state index in [9.17, 15) is 0 Å². The smallest absolute Gasteiger partial charge is 0.136 e. The molecule has 0 saturated carbocycles. The molecule has 0 N–H and O–H groups in total. The van der Waals surface area contributed by atoms with Crippen LogP contribution in [0.3, 0.4) is 0 Å². The molecule has 0 spiro atoms. The van der Waals surface area contributed by atoms with Gasteiger partial charge in [-0.3, -0.25) is 0 Å². The summed E-state index contributed by atoms with van der Waals surface area (Å²) >= 11 is 0. The number of hydrogen-bond donors (Lipinski definition) is 0. The third-order valence-electron chi connectivity index (χ3n) is 11.3. The summed E-state index contributed by atoms with van der Waals surface area (Å²) in [4.78, 5) is 2.43. The predicted molar refractivity (Wildman–Crippen MR) is 237 cm³/mol. The predicted octanol–water partition coefficient (Wildman–Crippen LogP) is 15.5. The van der Waals surface area contributed by atoms with Crippen molar-refractivity contribution < 1.29 is 4.42 Å². The van der Waals surface area contributed by atoms with E-state index in [1.165, 1.54) is 60.0 Å². The number of fused-ring (bicyclic) bond motifs is 10. The normalized spacial score (nSPS) is 11.6. The summed E-state index contributed by atoms with van der Waals surface area (Å²) in [5, 5.41) is 9.69. The van der Waals surface area contributed by atoms with Crippen LogP contribution in [0.25, 0.3) is 87.6 Å². The third kappa shape index (κ3) is 5.11. The number of furan rings is 1. The molecule has 2 nitrogen and oxygen atoms in total. The van der Waals surface area contributed by atoms with Crippen molar-refractivity contribution in [1.29, 1.82) is 0 Å². The first-order valence-corrected chi connectivity index (χ1v) is 19.2. The van der Waals surface area contributed by atoms with Crippen LogP contribution in [-0.2, 0) is 0 Å². The molecular formula is C54H35NO. The van der Waals surface area contributed by atoms with E-state index in [-0.39, 0.29) is 0 Å². The highest BCUT2D eigenvalue weighted by Gasteiger charge is 2.23. The van der Waals surface area contributed by atoms with Crippen LogP contribution < -0.4 is 4.90 Å². The van der Waals surface area contributed by atoms with Crippen molar-refractivity contribution in [2.45, 2.75) is 0 Å². The van der Waals surface area contributed by atoms with E-state index < -0.39 is 0 Å². The standard InChI is InChI=1S/C54H35NO/c1-3-16-36(17-4-1)37-30-32-38(33-31-37)40-20-9-12-27-48(40)55(39-18-5-2-6-19-39)49-28-13-10-21-41(49)42-25-15-26-44-46-34-35-51-54(47-24-11-14-29-50(47)56-51)53(46)45-23-8-7-22-43(45)52(42)44/h1-35H. The fourth-order valence-electron chi connectivity index (χ4n) is 8.80. The molecule has 1 aromatic heterocycles. The van der Waals surface area contributed by atoms with Crippen LogP contribution in [0, 0.1) is 0 Å². The number of anilines is 3. The second kappa shape index (κ2) is 13.2. The maximum absolute atomic E-state index is 6.40. The quantitative estimate of drug-likeness (QED) is 0.160. The molecule has 262 valence electrons. The molecule has 0 amide bonds. The van der Waals surface area contributed by atoms with E-state index in [4.69, 9.17) is 4.42 Å². The lowest BCUT2D eigenvalue weighted by Crippen LogP contribution is -2.12. The molecule has 56 heavy (non-hydrogen) atoms. The van der Waals surface area contributed by atoms with Crippen LogP contribution in [0.15, 0.2) is 217 Å². The SMILES string of the molecule is c1ccc(-c2ccc(-c3ccccc3N(c3ccccc3)c3ccccc3-c3cccc4c5ccc6oc7ccccc7c6c5c5ccccc5c34)cc2)cc1. The molecule has 10 aromatic carbocycles. The molecule has 0 atom stereocenters. The number of rotatable bonds is 6. The zero-order valence-corrected chi connectivity index (χ0v) is 30.6. The first-order valence-electron chi connectivity index (χ1n) is 19.2. The Labute approximate surface area is 325 Å². The van der Waals surface area contributed by atoms with Crippen molar-refractivity contribution in [2.75, 3.05) is 4.90 Å². The summed E-state index contributed by atoms with van der Waals surface area (Å²) in [6, 6.07) is 76.4. The Hall–Kier alpha value is -7.42. The Balaban J connectivity index is 1.16. The molecule has 0 bridgehead atoms. The Morgan fingerprint density at radius 1 is 0.268 bits per heavy atom. The van der Waals surface area contributed by atoms with E-state index in [0.717, 1.165) is 44.7 Å². The van der Waals surface area contributed by atoms with Gasteiger partial charge in [0.2, 0.25) is 0 Å². The highest BCUT2D eigenvalue weighted by Crippen LogP contribution is 2.49. The van der Waals surface area contributed by atoms with Crippen LogP contribution in [-0.4, -0.2) is 0 Å². The first kappa shape index (κ1) is 32.0. The van der Waals surface area contributed by atoms with Gasteiger partial charge in [0.25, 0.3) is 0 Å². The van der Waals surface area contributed by atoms with Crippen LogP contribution in [0.1, 0.15) is 0 Å². The van der Waals surface area contributed by atoms with Crippen molar-refractivity contribution in [3.05, 3.63) is 212 Å². The molecule has 0 radical (unpaired) electrons. The first-order chi connectivity index (χ1) is 27.8. The molecule has 0 aliphatic heterocycles. The fraction of sp³-hybridized carbons (Fsp3) is 0. The van der Waals surface area contributed by atoms with E-state index in [2.05, 4.69) is 211 Å². The minimum Gasteiger partial charge on any atom is -0.456 e. The Kier molecular flexibility index (Phi) is 7.53. The maximum Gasteiger partial charge on any atom is 0.136 e. The summed E-state index contributed by atoms with van der Waals surface area (Å²) in [7, 11) is 0. The number of nitrogens with zero attached hydrogens (tertiary/aromatic N) is 1. The van der Waals surface area contributed by atoms with Gasteiger partial charge in [-0.2, -0.15) is 0 Å². The molecule has 11 aromatic rings. The van der Waals surface area contributed by atoms with Crippen LogP contribution in [0.4, 0.5) is 17.1 Å². The molecule has 0 fully saturated rings. The van der Waals surface area contributed by atoms with Gasteiger partial charge in [-0.05, 0) is 91.6 Å². The van der Waals surface area contributed by atoms with Gasteiger partial charge in [0.1, 0.15) is 11.2 Å². The van der Waals surface area contributed by atoms with Crippen molar-refractivity contribution in [1.82, 2.24) is 0 Å². The monoisotopic (exact) mass is 713 g/mol. The Morgan fingerprint density at radius 3 is 1.52 bits per heavy atom. The lowest BCUT2D eigenvalue weighted by molar-refractivity contribution is 0.669. The van der Waals surface area contributed by atoms with Gasteiger partial charge in [0.05, 0.1) is 11.4 Å².